The Morgan fingerprint density at radius 1 is 0.938 bits per heavy atom. The summed E-state index contributed by atoms with van der Waals surface area (Å²) in [6.07, 6.45) is -1.03. The normalized spacial score (nSPS) is 13.2. The Labute approximate surface area is 183 Å². The van der Waals surface area contributed by atoms with E-state index in [-0.39, 0.29) is 31.1 Å². The van der Waals surface area contributed by atoms with E-state index < -0.39 is 29.6 Å². The van der Waals surface area contributed by atoms with Crippen molar-refractivity contribution in [1.82, 2.24) is 5.32 Å². The van der Waals surface area contributed by atoms with Crippen LogP contribution in [0.1, 0.15) is 22.6 Å². The van der Waals surface area contributed by atoms with E-state index >= 15 is 0 Å². The number of nitrogens with one attached hydrogen (secondary N) is 1. The van der Waals surface area contributed by atoms with E-state index in [9.17, 15) is 23.5 Å². The number of carbonyl (C=O) groups is 2. The van der Waals surface area contributed by atoms with E-state index in [1.165, 1.54) is 12.1 Å². The second kappa shape index (κ2) is 9.18. The van der Waals surface area contributed by atoms with Crippen molar-refractivity contribution in [3.05, 3.63) is 95.1 Å². The Kier molecular flexibility index (Phi) is 6.16. The van der Waals surface area contributed by atoms with Crippen molar-refractivity contribution >= 4 is 12.1 Å². The fourth-order valence-corrected chi connectivity index (χ4v) is 4.07. The van der Waals surface area contributed by atoms with E-state index in [2.05, 4.69) is 5.32 Å². The van der Waals surface area contributed by atoms with Gasteiger partial charge in [-0.1, -0.05) is 60.7 Å². The number of benzene rings is 3. The minimum Gasteiger partial charge on any atom is -0.481 e. The number of carboxylic acid groups (broad SMARTS) is 1. The molecule has 5 nitrogen and oxygen atoms in total. The summed E-state index contributed by atoms with van der Waals surface area (Å²) in [5, 5.41) is 11.9. The number of amides is 1. The Bertz CT molecular complexity index is 1120. The van der Waals surface area contributed by atoms with Gasteiger partial charge in [0.25, 0.3) is 0 Å². The standard InChI is InChI=1S/C25H21F2NO4/c26-22-11-5-6-15(23(22)27)12-16(24(29)30)13-28-25(31)32-14-21-19-9-3-1-7-17(19)18-8-2-4-10-20(18)21/h1-11,16,21H,12-14H2,(H,28,31)(H,29,30)/t16-/m1/s1. The van der Waals surface area contributed by atoms with Gasteiger partial charge >= 0.3 is 12.1 Å². The van der Waals surface area contributed by atoms with Crippen LogP contribution in [-0.4, -0.2) is 30.3 Å². The molecule has 0 aromatic heterocycles. The average Bonchev–Trinajstić information content (AvgIpc) is 3.11. The minimum absolute atomic E-state index is 0.0632. The van der Waals surface area contributed by atoms with Crippen LogP contribution >= 0.6 is 0 Å². The van der Waals surface area contributed by atoms with Crippen LogP contribution in [0.3, 0.4) is 0 Å². The summed E-state index contributed by atoms with van der Waals surface area (Å²) in [5.41, 5.74) is 4.25. The maximum atomic E-state index is 13.9. The van der Waals surface area contributed by atoms with Crippen LogP contribution < -0.4 is 5.32 Å². The molecule has 0 spiro atoms. The third-order valence-corrected chi connectivity index (χ3v) is 5.68. The molecule has 3 aromatic rings. The van der Waals surface area contributed by atoms with E-state index in [1.807, 2.05) is 48.5 Å². The molecule has 1 aliphatic carbocycles. The Balaban J connectivity index is 1.38. The van der Waals surface area contributed by atoms with Crippen molar-refractivity contribution < 1.29 is 28.2 Å². The predicted molar refractivity (Wildman–Crippen MR) is 114 cm³/mol. The van der Waals surface area contributed by atoms with Crippen molar-refractivity contribution in [2.45, 2.75) is 12.3 Å². The van der Waals surface area contributed by atoms with Gasteiger partial charge < -0.3 is 15.2 Å². The van der Waals surface area contributed by atoms with Gasteiger partial charge in [-0.25, -0.2) is 13.6 Å². The first-order chi connectivity index (χ1) is 15.5. The molecule has 0 heterocycles. The number of hydrogen-bond donors (Lipinski definition) is 2. The summed E-state index contributed by atoms with van der Waals surface area (Å²) in [7, 11) is 0. The number of halogens is 2. The van der Waals surface area contributed by atoms with Crippen LogP contribution in [0.25, 0.3) is 11.1 Å². The van der Waals surface area contributed by atoms with E-state index in [0.29, 0.717) is 0 Å². The Morgan fingerprint density at radius 2 is 1.56 bits per heavy atom. The number of ether oxygens (including phenoxy) is 1. The van der Waals surface area contributed by atoms with Crippen LogP contribution in [0.15, 0.2) is 66.7 Å². The van der Waals surface area contributed by atoms with Gasteiger partial charge in [0.2, 0.25) is 0 Å². The third kappa shape index (κ3) is 4.32. The van der Waals surface area contributed by atoms with Gasteiger partial charge in [0.15, 0.2) is 11.6 Å². The van der Waals surface area contributed by atoms with Crippen molar-refractivity contribution in [2.24, 2.45) is 5.92 Å². The lowest BCUT2D eigenvalue weighted by atomic mass is 9.98. The molecule has 4 rings (SSSR count). The second-order valence-corrected chi connectivity index (χ2v) is 7.66. The van der Waals surface area contributed by atoms with Gasteiger partial charge in [0.1, 0.15) is 6.61 Å². The highest BCUT2D eigenvalue weighted by molar-refractivity contribution is 5.79. The topological polar surface area (TPSA) is 75.6 Å². The van der Waals surface area contributed by atoms with Gasteiger partial charge in [0.05, 0.1) is 5.92 Å². The maximum Gasteiger partial charge on any atom is 0.407 e. The highest BCUT2D eigenvalue weighted by atomic mass is 19.2. The Hall–Kier alpha value is -3.74. The van der Waals surface area contributed by atoms with Crippen LogP contribution in [0, 0.1) is 17.6 Å². The molecule has 0 unspecified atom stereocenters. The highest BCUT2D eigenvalue weighted by Gasteiger charge is 2.29. The molecule has 2 N–H and O–H groups in total. The summed E-state index contributed by atoms with van der Waals surface area (Å²) < 4.78 is 32.7. The van der Waals surface area contributed by atoms with Crippen LogP contribution in [0.4, 0.5) is 13.6 Å². The zero-order chi connectivity index (χ0) is 22.7. The minimum atomic E-state index is -1.23. The van der Waals surface area contributed by atoms with Crippen molar-refractivity contribution in [1.29, 1.82) is 0 Å². The summed E-state index contributed by atoms with van der Waals surface area (Å²) in [4.78, 5) is 23.8. The molecule has 1 amide bonds. The molecule has 0 aliphatic heterocycles. The number of carbonyl (C=O) groups excluding carboxylic acids is 1. The van der Waals surface area contributed by atoms with Crippen molar-refractivity contribution in [3.8, 4) is 11.1 Å². The van der Waals surface area contributed by atoms with Crippen LogP contribution in [-0.2, 0) is 16.0 Å². The lowest BCUT2D eigenvalue weighted by Gasteiger charge is -2.16. The number of aliphatic carboxylic acids is 1. The van der Waals surface area contributed by atoms with Gasteiger partial charge in [-0.15, -0.1) is 0 Å². The molecule has 1 aliphatic rings. The largest absolute Gasteiger partial charge is 0.481 e. The lowest BCUT2D eigenvalue weighted by molar-refractivity contribution is -0.141. The summed E-state index contributed by atoms with van der Waals surface area (Å²) in [6, 6.07) is 19.4. The molecular formula is C25H21F2NO4. The predicted octanol–water partition coefficient (Wildman–Crippen LogP) is 4.75. The van der Waals surface area contributed by atoms with Crippen LogP contribution in [0.2, 0.25) is 0 Å². The molecule has 0 radical (unpaired) electrons. The number of fused-ring (bicyclic) bond motifs is 3. The molecule has 0 bridgehead atoms. The van der Waals surface area contributed by atoms with Gasteiger partial charge in [0, 0.05) is 12.5 Å². The molecule has 32 heavy (non-hydrogen) atoms. The number of hydrogen-bond acceptors (Lipinski definition) is 3. The van der Waals surface area contributed by atoms with Crippen molar-refractivity contribution in [2.75, 3.05) is 13.2 Å². The first-order valence-electron chi connectivity index (χ1n) is 10.2. The number of carboxylic acids is 1. The summed E-state index contributed by atoms with van der Waals surface area (Å²) in [6.45, 7) is -0.182. The zero-order valence-corrected chi connectivity index (χ0v) is 17.1. The molecule has 7 heteroatoms. The van der Waals surface area contributed by atoms with E-state index in [4.69, 9.17) is 4.74 Å². The molecule has 0 saturated carbocycles. The smallest absolute Gasteiger partial charge is 0.407 e. The maximum absolute atomic E-state index is 13.9. The second-order valence-electron chi connectivity index (χ2n) is 7.66. The van der Waals surface area contributed by atoms with Crippen LogP contribution in [0.5, 0.6) is 0 Å². The SMILES string of the molecule is O=C(NC[C@@H](Cc1cccc(F)c1F)C(=O)O)OCC1c2ccccc2-c2ccccc21. The Morgan fingerprint density at radius 3 is 2.19 bits per heavy atom. The van der Waals surface area contributed by atoms with E-state index in [0.717, 1.165) is 28.3 Å². The quantitative estimate of drug-likeness (QED) is 0.560. The van der Waals surface area contributed by atoms with Crippen molar-refractivity contribution in [3.63, 3.8) is 0 Å². The lowest BCUT2D eigenvalue weighted by Crippen LogP contribution is -2.35. The molecule has 0 saturated heterocycles. The summed E-state index contributed by atoms with van der Waals surface area (Å²) >= 11 is 0. The third-order valence-electron chi connectivity index (χ3n) is 5.68. The molecule has 3 aromatic carbocycles. The fourth-order valence-electron chi connectivity index (χ4n) is 4.07. The van der Waals surface area contributed by atoms with E-state index in [1.54, 1.807) is 0 Å². The van der Waals surface area contributed by atoms with Gasteiger partial charge in [-0.2, -0.15) is 0 Å². The molecular weight excluding hydrogens is 416 g/mol. The first-order valence-corrected chi connectivity index (χ1v) is 10.2. The van der Waals surface area contributed by atoms with Gasteiger partial charge in [-0.3, -0.25) is 4.79 Å². The summed E-state index contributed by atoms with van der Waals surface area (Å²) in [5.74, 6) is -4.61. The average molecular weight is 437 g/mol. The number of alkyl carbamates (subject to hydrolysis) is 1. The monoisotopic (exact) mass is 437 g/mol. The van der Waals surface area contributed by atoms with Gasteiger partial charge in [-0.05, 0) is 40.3 Å². The molecule has 164 valence electrons. The molecule has 0 fully saturated rings. The first kappa shape index (κ1) is 21.5. The fraction of sp³-hybridized carbons (Fsp3) is 0.200. The number of rotatable bonds is 7. The molecule has 1 atom stereocenters. The zero-order valence-electron chi connectivity index (χ0n) is 17.1. The highest BCUT2D eigenvalue weighted by Crippen LogP contribution is 2.44.